The molecule has 2 unspecified atom stereocenters. The molecule has 2 atom stereocenters. The summed E-state index contributed by atoms with van der Waals surface area (Å²) in [4.78, 5) is 0. The predicted molar refractivity (Wildman–Crippen MR) is 99.9 cm³/mol. The molecule has 0 aliphatic heterocycles. The second-order valence-corrected chi connectivity index (χ2v) is 37.2. The third kappa shape index (κ3) is 2.24. The molecule has 3 heteroatoms. The molecule has 4 rings (SSSR count). The van der Waals surface area contributed by atoms with Gasteiger partial charge in [-0.1, -0.05) is 0 Å². The maximum atomic E-state index is 7.47. The Morgan fingerprint density at radius 3 is 1.65 bits per heavy atom. The van der Waals surface area contributed by atoms with Gasteiger partial charge in [-0.3, -0.25) is 0 Å². The second-order valence-electron chi connectivity index (χ2n) is 6.45. The van der Waals surface area contributed by atoms with Crippen molar-refractivity contribution < 1.29 is 15.7 Å². The molecule has 2 aromatic rings. The van der Waals surface area contributed by atoms with Crippen LogP contribution in [0.4, 0.5) is 0 Å². The first-order chi connectivity index (χ1) is 11.0. The fraction of sp³-hybridized carbons (Fsp3) is 0.150. The fourth-order valence-corrected chi connectivity index (χ4v) is 23.7. The van der Waals surface area contributed by atoms with E-state index in [1.54, 1.807) is 0 Å². The van der Waals surface area contributed by atoms with Gasteiger partial charge in [0.2, 0.25) is 0 Å². The number of fused-ring (bicyclic) bond motifs is 2. The van der Waals surface area contributed by atoms with Crippen molar-refractivity contribution in [2.75, 3.05) is 0 Å². The van der Waals surface area contributed by atoms with Crippen LogP contribution in [0, 0.1) is 0 Å². The topological polar surface area (TPSA) is 0 Å². The molecule has 0 amide bonds. The molecule has 2 aliphatic carbocycles. The second kappa shape index (κ2) is 5.37. The van der Waals surface area contributed by atoms with E-state index in [1.807, 2.05) is 0 Å². The van der Waals surface area contributed by atoms with Crippen molar-refractivity contribution in [2.24, 2.45) is 0 Å². The monoisotopic (exact) mass is 508 g/mol. The first-order valence-electron chi connectivity index (χ1n) is 7.96. The van der Waals surface area contributed by atoms with Gasteiger partial charge in [-0.25, -0.2) is 0 Å². The molecule has 0 bridgehead atoms. The molecule has 0 aromatic heterocycles. The van der Waals surface area contributed by atoms with E-state index in [1.165, 1.54) is 22.3 Å². The Hall–Kier alpha value is -0.760. The molecular weight excluding hydrogens is 490 g/mol. The quantitative estimate of drug-likeness (QED) is 0.416. The van der Waals surface area contributed by atoms with Crippen molar-refractivity contribution in [3.63, 3.8) is 0 Å². The third-order valence-electron chi connectivity index (χ3n) is 5.34. The van der Waals surface area contributed by atoms with Gasteiger partial charge in [0.15, 0.2) is 0 Å². The fourth-order valence-electron chi connectivity index (χ4n) is 4.01. The van der Waals surface area contributed by atoms with Crippen molar-refractivity contribution in [1.82, 2.24) is 0 Å². The Bertz CT molecular complexity index is 847. The molecule has 2 aliphatic rings. The van der Waals surface area contributed by atoms with Crippen LogP contribution in [0.25, 0.3) is 12.2 Å². The Kier molecular flexibility index (Phi) is 3.68. The summed E-state index contributed by atoms with van der Waals surface area (Å²) in [6, 6.07) is 16.9. The summed E-state index contributed by atoms with van der Waals surface area (Å²) in [6.07, 6.45) is 8.81. The van der Waals surface area contributed by atoms with Crippen LogP contribution in [0.3, 0.4) is 0 Å². The summed E-state index contributed by atoms with van der Waals surface area (Å²) < 4.78 is 2.45. The molecule has 0 saturated carbocycles. The standard InChI is InChI=1S/2C9H7.C2H4.2ClH.Hf/c2*1-2-5-9-7-3-6-8(9)4-1;1-2;;;/h2*1-7H;1H,2H3;2*1H;/q;;;;;+2/p-2. The summed E-state index contributed by atoms with van der Waals surface area (Å²) in [5.41, 5.74) is 5.06. The van der Waals surface area contributed by atoms with E-state index < -0.39 is 15.7 Å². The van der Waals surface area contributed by atoms with Gasteiger partial charge in [-0.15, -0.1) is 0 Å². The molecule has 0 saturated heterocycles. The Morgan fingerprint density at radius 1 is 0.783 bits per heavy atom. The van der Waals surface area contributed by atoms with Gasteiger partial charge in [0.05, 0.1) is 0 Å². The summed E-state index contributed by atoms with van der Waals surface area (Å²) in [5.74, 6) is 0. The summed E-state index contributed by atoms with van der Waals surface area (Å²) >= 11 is -4.42. The van der Waals surface area contributed by atoms with Crippen LogP contribution in [-0.2, 0) is 15.7 Å². The normalized spacial score (nSPS) is 22.1. The van der Waals surface area contributed by atoms with Crippen molar-refractivity contribution in [2.45, 2.75) is 14.3 Å². The number of hydrogen-bond acceptors (Lipinski definition) is 0. The van der Waals surface area contributed by atoms with Crippen molar-refractivity contribution in [3.05, 3.63) is 82.9 Å². The Labute approximate surface area is 145 Å². The van der Waals surface area contributed by atoms with Crippen molar-refractivity contribution >= 4 is 33.1 Å². The summed E-state index contributed by atoms with van der Waals surface area (Å²) in [5, 5.41) is 0. The number of benzene rings is 2. The molecule has 0 spiro atoms. The van der Waals surface area contributed by atoms with E-state index in [9.17, 15) is 0 Å². The van der Waals surface area contributed by atoms with E-state index in [0.29, 0.717) is 0 Å². The predicted octanol–water partition coefficient (Wildman–Crippen LogP) is 6.34. The molecule has 23 heavy (non-hydrogen) atoms. The minimum atomic E-state index is -4.42. The molecule has 2 aromatic carbocycles. The Balaban J connectivity index is 1.92. The SMILES string of the molecule is C[CH]=[Hf]([Cl])([Cl])([CH]1C=Cc2ccccc21)[CH]1C=Cc2ccccc21. The van der Waals surface area contributed by atoms with Crippen molar-refractivity contribution in [1.29, 1.82) is 0 Å². The van der Waals surface area contributed by atoms with Gasteiger partial charge >= 0.3 is 146 Å². The molecule has 0 fully saturated rings. The van der Waals surface area contributed by atoms with Crippen LogP contribution in [0.5, 0.6) is 0 Å². The van der Waals surface area contributed by atoms with E-state index >= 15 is 0 Å². The summed E-state index contributed by atoms with van der Waals surface area (Å²) in [6.45, 7) is 2.05. The molecular formula is C20H18Cl2Hf. The maximum absolute atomic E-state index is 7.47. The average molecular weight is 508 g/mol. The molecule has 0 heterocycles. The van der Waals surface area contributed by atoms with Crippen LogP contribution >= 0.6 is 17.2 Å². The van der Waals surface area contributed by atoms with Gasteiger partial charge in [0.1, 0.15) is 0 Å². The first-order valence-corrected chi connectivity index (χ1v) is 23.1. The van der Waals surface area contributed by atoms with Gasteiger partial charge in [-0.05, 0) is 0 Å². The molecule has 116 valence electrons. The van der Waals surface area contributed by atoms with Gasteiger partial charge in [0, 0.05) is 0 Å². The average Bonchev–Trinajstić information content (AvgIpc) is 3.20. The molecule has 0 N–H and O–H groups in total. The number of allylic oxidation sites excluding steroid dienone is 2. The van der Waals surface area contributed by atoms with Gasteiger partial charge < -0.3 is 0 Å². The van der Waals surface area contributed by atoms with Crippen molar-refractivity contribution in [3.8, 4) is 0 Å². The van der Waals surface area contributed by atoms with E-state index in [2.05, 4.69) is 83.5 Å². The number of rotatable bonds is 2. The first kappa shape index (κ1) is 15.7. The van der Waals surface area contributed by atoms with Crippen LogP contribution in [0.2, 0.25) is 0 Å². The zero-order valence-corrected chi connectivity index (χ0v) is 18.0. The van der Waals surface area contributed by atoms with E-state index in [-0.39, 0.29) is 7.35 Å². The van der Waals surface area contributed by atoms with Crippen LogP contribution in [-0.4, -0.2) is 3.76 Å². The van der Waals surface area contributed by atoms with Crippen LogP contribution < -0.4 is 0 Å². The van der Waals surface area contributed by atoms with Crippen LogP contribution in [0.1, 0.15) is 36.5 Å². The van der Waals surface area contributed by atoms with Crippen LogP contribution in [0.15, 0.2) is 60.7 Å². The van der Waals surface area contributed by atoms with E-state index in [4.69, 9.17) is 17.2 Å². The number of halogens is 2. The minimum absolute atomic E-state index is 0.136. The third-order valence-corrected chi connectivity index (χ3v) is 32.7. The summed E-state index contributed by atoms with van der Waals surface area (Å²) in [7, 11) is 14.9. The Morgan fingerprint density at radius 2 is 1.22 bits per heavy atom. The molecule has 0 radical (unpaired) electrons. The zero-order valence-electron chi connectivity index (χ0n) is 12.9. The van der Waals surface area contributed by atoms with E-state index in [0.717, 1.165) is 0 Å². The number of hydrogen-bond donors (Lipinski definition) is 0. The molecule has 0 nitrogen and oxygen atoms in total. The van der Waals surface area contributed by atoms with Gasteiger partial charge in [-0.2, -0.15) is 0 Å². The zero-order chi connectivity index (χ0) is 16.1. The van der Waals surface area contributed by atoms with Gasteiger partial charge in [0.25, 0.3) is 0 Å².